The van der Waals surface area contributed by atoms with E-state index >= 15 is 0 Å². The fourth-order valence-electron chi connectivity index (χ4n) is 2.47. The molecule has 1 aliphatic rings. The Balaban J connectivity index is 1.78. The van der Waals surface area contributed by atoms with Crippen LogP contribution in [0.3, 0.4) is 0 Å². The van der Waals surface area contributed by atoms with Gasteiger partial charge in [0.05, 0.1) is 14.4 Å². The first-order valence-electron chi connectivity index (χ1n) is 8.11. The molecule has 0 bridgehead atoms. The predicted molar refractivity (Wildman–Crippen MR) is 126 cm³/mol. The Hall–Kier alpha value is -1.29. The Kier molecular flexibility index (Phi) is 7.25. The number of carbonyl (C=O) groups excluding carboxylic acids is 2. The molecule has 0 atom stereocenters. The zero-order valence-corrected chi connectivity index (χ0v) is 19.8. The van der Waals surface area contributed by atoms with Gasteiger partial charge in [0, 0.05) is 10.1 Å². The summed E-state index contributed by atoms with van der Waals surface area (Å²) in [5, 5.41) is 0.107. The average Bonchev–Trinajstić information content (AvgIpc) is 2.90. The molecule has 2 aromatic carbocycles. The Labute approximate surface area is 194 Å². The highest BCUT2D eigenvalue weighted by Crippen LogP contribution is 2.38. The predicted octanol–water partition coefficient (Wildman–Crippen LogP) is 6.51. The van der Waals surface area contributed by atoms with Crippen LogP contribution in [0.5, 0.6) is 5.75 Å². The lowest BCUT2D eigenvalue weighted by Crippen LogP contribution is -2.27. The van der Waals surface area contributed by atoms with Gasteiger partial charge in [-0.1, -0.05) is 29.8 Å². The van der Waals surface area contributed by atoms with Crippen LogP contribution in [0.25, 0.3) is 6.08 Å². The van der Waals surface area contributed by atoms with Crippen LogP contribution in [0.2, 0.25) is 5.02 Å². The maximum Gasteiger partial charge on any atom is 0.293 e. The van der Waals surface area contributed by atoms with Crippen LogP contribution in [0.15, 0.2) is 58.4 Å². The zero-order valence-electron chi connectivity index (χ0n) is 14.5. The number of amides is 2. The second-order valence-electron chi connectivity index (χ2n) is 5.81. The molecule has 0 saturated carbocycles. The molecular weight excluding hydrogens is 577 g/mol. The van der Waals surface area contributed by atoms with Crippen LogP contribution in [0.1, 0.15) is 11.1 Å². The molecule has 0 aliphatic carbocycles. The third-order valence-electron chi connectivity index (χ3n) is 3.80. The Bertz CT molecular complexity index is 955. The average molecular weight is 591 g/mol. The van der Waals surface area contributed by atoms with Gasteiger partial charge in [-0.3, -0.25) is 14.5 Å². The van der Waals surface area contributed by atoms with Gasteiger partial charge >= 0.3 is 0 Å². The number of thioether (sulfide) groups is 1. The van der Waals surface area contributed by atoms with Gasteiger partial charge in [0.25, 0.3) is 11.1 Å². The molecule has 28 heavy (non-hydrogen) atoms. The second kappa shape index (κ2) is 9.47. The van der Waals surface area contributed by atoms with Crippen molar-refractivity contribution in [2.24, 2.45) is 0 Å². The smallest absolute Gasteiger partial charge is 0.293 e. The summed E-state index contributed by atoms with van der Waals surface area (Å²) < 4.78 is 7.68. The summed E-state index contributed by atoms with van der Waals surface area (Å²) >= 11 is 13.0. The molecule has 1 saturated heterocycles. The maximum absolute atomic E-state index is 12.3. The van der Waals surface area contributed by atoms with Crippen LogP contribution in [0, 0.1) is 3.57 Å². The summed E-state index contributed by atoms with van der Waals surface area (Å²) in [5.74, 6) is 0.193. The van der Waals surface area contributed by atoms with E-state index in [0.29, 0.717) is 32.3 Å². The molecule has 0 radical (unpaired) electrons. The SMILES string of the molecule is C=CCN1C(=O)S/C(=C/c2cc(Cl)c(OCc3ccc(I)cc3)c(Br)c2)C1=O. The molecular formula is C20H14BrClINO3S. The van der Waals surface area contributed by atoms with E-state index in [9.17, 15) is 9.59 Å². The Morgan fingerprint density at radius 1 is 1.25 bits per heavy atom. The summed E-state index contributed by atoms with van der Waals surface area (Å²) in [6.07, 6.45) is 3.17. The number of nitrogens with zero attached hydrogens (tertiary/aromatic N) is 1. The molecule has 8 heteroatoms. The van der Waals surface area contributed by atoms with Crippen LogP contribution in [-0.4, -0.2) is 22.6 Å². The van der Waals surface area contributed by atoms with Gasteiger partial charge in [0.15, 0.2) is 5.75 Å². The number of carbonyl (C=O) groups is 2. The minimum atomic E-state index is -0.332. The zero-order chi connectivity index (χ0) is 20.3. The summed E-state index contributed by atoms with van der Waals surface area (Å²) in [6, 6.07) is 11.5. The van der Waals surface area contributed by atoms with E-state index < -0.39 is 0 Å². The van der Waals surface area contributed by atoms with Gasteiger partial charge in [-0.15, -0.1) is 6.58 Å². The van der Waals surface area contributed by atoms with Gasteiger partial charge in [-0.05, 0) is 91.8 Å². The molecule has 2 aromatic rings. The lowest BCUT2D eigenvalue weighted by atomic mass is 10.2. The van der Waals surface area contributed by atoms with Crippen molar-refractivity contribution < 1.29 is 14.3 Å². The number of benzene rings is 2. The highest BCUT2D eigenvalue weighted by atomic mass is 127. The number of ether oxygens (including phenoxy) is 1. The number of rotatable bonds is 6. The lowest BCUT2D eigenvalue weighted by molar-refractivity contribution is -0.122. The monoisotopic (exact) mass is 589 g/mol. The molecule has 0 aromatic heterocycles. The van der Waals surface area contributed by atoms with E-state index in [2.05, 4.69) is 45.1 Å². The van der Waals surface area contributed by atoms with Gasteiger partial charge < -0.3 is 4.74 Å². The van der Waals surface area contributed by atoms with Crippen LogP contribution in [0.4, 0.5) is 4.79 Å². The molecule has 144 valence electrons. The summed E-state index contributed by atoms with van der Waals surface area (Å²) in [6.45, 7) is 4.14. The van der Waals surface area contributed by atoms with Crippen molar-refractivity contribution in [2.75, 3.05) is 6.54 Å². The first-order valence-corrected chi connectivity index (χ1v) is 11.2. The quantitative estimate of drug-likeness (QED) is 0.219. The molecule has 0 N–H and O–H groups in total. The minimum Gasteiger partial charge on any atom is -0.486 e. The highest BCUT2D eigenvalue weighted by Gasteiger charge is 2.34. The van der Waals surface area contributed by atoms with Gasteiger partial charge in [-0.2, -0.15) is 0 Å². The number of imide groups is 1. The molecule has 1 aliphatic heterocycles. The molecule has 0 spiro atoms. The third kappa shape index (κ3) is 5.00. The Morgan fingerprint density at radius 3 is 2.61 bits per heavy atom. The van der Waals surface area contributed by atoms with Crippen molar-refractivity contribution in [1.82, 2.24) is 4.90 Å². The normalized spacial score (nSPS) is 15.4. The topological polar surface area (TPSA) is 46.6 Å². The van der Waals surface area contributed by atoms with E-state index in [1.165, 1.54) is 6.08 Å². The van der Waals surface area contributed by atoms with E-state index in [4.69, 9.17) is 16.3 Å². The van der Waals surface area contributed by atoms with E-state index in [1.54, 1.807) is 18.2 Å². The van der Waals surface area contributed by atoms with Crippen molar-refractivity contribution >= 4 is 79.1 Å². The summed E-state index contributed by atoms with van der Waals surface area (Å²) in [5.41, 5.74) is 1.73. The van der Waals surface area contributed by atoms with Crippen molar-refractivity contribution in [3.8, 4) is 5.75 Å². The first kappa shape index (κ1) is 21.4. The third-order valence-corrected chi connectivity index (χ3v) is 6.30. The molecule has 3 rings (SSSR count). The van der Waals surface area contributed by atoms with E-state index in [1.807, 2.05) is 24.3 Å². The first-order chi connectivity index (χ1) is 13.4. The fraction of sp³-hybridized carbons (Fsp3) is 0.100. The molecule has 4 nitrogen and oxygen atoms in total. The van der Waals surface area contributed by atoms with Crippen molar-refractivity contribution in [3.05, 3.63) is 78.2 Å². The minimum absolute atomic E-state index is 0.192. The van der Waals surface area contributed by atoms with Gasteiger partial charge in [0.2, 0.25) is 0 Å². The molecule has 1 heterocycles. The van der Waals surface area contributed by atoms with Crippen molar-refractivity contribution in [1.29, 1.82) is 0 Å². The van der Waals surface area contributed by atoms with E-state index in [0.717, 1.165) is 25.8 Å². The van der Waals surface area contributed by atoms with Crippen molar-refractivity contribution in [3.63, 3.8) is 0 Å². The number of halogens is 3. The summed E-state index contributed by atoms with van der Waals surface area (Å²) in [4.78, 5) is 25.8. The van der Waals surface area contributed by atoms with E-state index in [-0.39, 0.29) is 17.7 Å². The number of hydrogen-bond donors (Lipinski definition) is 0. The highest BCUT2D eigenvalue weighted by molar-refractivity contribution is 14.1. The number of hydrogen-bond acceptors (Lipinski definition) is 4. The van der Waals surface area contributed by atoms with Gasteiger partial charge in [-0.25, -0.2) is 0 Å². The largest absolute Gasteiger partial charge is 0.486 e. The van der Waals surface area contributed by atoms with Crippen LogP contribution in [-0.2, 0) is 11.4 Å². The van der Waals surface area contributed by atoms with Crippen LogP contribution < -0.4 is 4.74 Å². The Morgan fingerprint density at radius 2 is 1.96 bits per heavy atom. The second-order valence-corrected chi connectivity index (χ2v) is 9.31. The standard InChI is InChI=1S/C20H14BrClINO3S/c1-2-7-24-19(25)17(28-20(24)26)10-13-8-15(21)18(16(22)9-13)27-11-12-3-5-14(23)6-4-12/h2-6,8-10H,1,7,11H2/b17-10+. The molecule has 0 unspecified atom stereocenters. The maximum atomic E-state index is 12.3. The van der Waals surface area contributed by atoms with Gasteiger partial charge in [0.1, 0.15) is 6.61 Å². The lowest BCUT2D eigenvalue weighted by Gasteiger charge is -2.11. The summed E-state index contributed by atoms with van der Waals surface area (Å²) in [7, 11) is 0. The fourth-order valence-corrected chi connectivity index (χ4v) is 4.67. The molecule has 2 amide bonds. The molecule has 1 fully saturated rings. The van der Waals surface area contributed by atoms with Crippen LogP contribution >= 0.6 is 61.9 Å². The van der Waals surface area contributed by atoms with Crippen molar-refractivity contribution in [2.45, 2.75) is 6.61 Å².